The summed E-state index contributed by atoms with van der Waals surface area (Å²) in [6.07, 6.45) is 2.83. The van der Waals surface area contributed by atoms with Gasteiger partial charge in [-0.2, -0.15) is 13.3 Å². The Kier molecular flexibility index (Phi) is 105. The summed E-state index contributed by atoms with van der Waals surface area (Å²) >= 11 is 0. The Bertz CT molecular complexity index is 60.1. The van der Waals surface area contributed by atoms with Gasteiger partial charge in [-0.05, 0) is 13.1 Å². The molecule has 3 radical (unpaired) electrons. The van der Waals surface area contributed by atoms with Crippen LogP contribution in [0.5, 0.6) is 0 Å². The Morgan fingerprint density at radius 2 is 1.27 bits per heavy atom. The summed E-state index contributed by atoms with van der Waals surface area (Å²) < 4.78 is 0. The third-order valence-corrected chi connectivity index (χ3v) is 0.288. The van der Waals surface area contributed by atoms with Gasteiger partial charge in [0.05, 0.1) is 0 Å². The van der Waals surface area contributed by atoms with Crippen molar-refractivity contribution in [3.8, 4) is 0 Å². The molecular formula is C5H10N2OY3-2. The minimum absolute atomic E-state index is 0. The van der Waals surface area contributed by atoms with Crippen molar-refractivity contribution in [1.82, 2.24) is 0 Å². The molecular weight excluding hydrogens is 371 g/mol. The van der Waals surface area contributed by atoms with Crippen LogP contribution in [0.3, 0.4) is 0 Å². The Hall–Kier alpha value is 2.32. The average molecular weight is 381 g/mol. The van der Waals surface area contributed by atoms with Crippen molar-refractivity contribution in [1.29, 1.82) is 0 Å². The molecule has 0 spiro atoms. The van der Waals surface area contributed by atoms with Crippen LogP contribution in [0.1, 0.15) is 13.8 Å². The molecule has 0 atom stereocenters. The molecule has 0 saturated heterocycles. The summed E-state index contributed by atoms with van der Waals surface area (Å²) in [7, 11) is 3.17. The smallest absolute Gasteiger partial charge is 0 e. The average Bonchev–Trinajstić information content (AvgIpc) is 1.88. The van der Waals surface area contributed by atoms with Crippen LogP contribution in [0.25, 0.3) is 0 Å². The Labute approximate surface area is 144 Å². The summed E-state index contributed by atoms with van der Waals surface area (Å²) in [5.74, 6) is 0. The fraction of sp³-hybridized carbons (Fsp3) is 0.400. The maximum Gasteiger partial charge on any atom is 0 e. The van der Waals surface area contributed by atoms with Crippen LogP contribution >= 0.6 is 0 Å². The Balaban J connectivity index is -0.0000000171. The van der Waals surface area contributed by atoms with Gasteiger partial charge in [0.2, 0.25) is 0 Å². The Morgan fingerprint density at radius 3 is 1.27 bits per heavy atom. The summed E-state index contributed by atoms with van der Waals surface area (Å²) in [6.45, 7) is 3.40. The van der Waals surface area contributed by atoms with E-state index in [0.29, 0.717) is 0 Å². The van der Waals surface area contributed by atoms with Crippen LogP contribution in [0.4, 0.5) is 0 Å². The molecule has 0 amide bonds. The van der Waals surface area contributed by atoms with Crippen molar-refractivity contribution < 1.29 is 98.1 Å². The number of nitrogens with zero attached hydrogens (tertiary/aromatic N) is 2. The van der Waals surface area contributed by atoms with Gasteiger partial charge in [-0.25, -0.2) is 0 Å². The summed E-state index contributed by atoms with van der Waals surface area (Å²) in [5.41, 5.74) is 0. The molecule has 11 heavy (non-hydrogen) atoms. The van der Waals surface area contributed by atoms with Crippen LogP contribution in [0.15, 0.2) is 10.1 Å². The third-order valence-electron chi connectivity index (χ3n) is 0.288. The van der Waals surface area contributed by atoms with Crippen LogP contribution in [0, 0.1) is 12.3 Å². The largest absolute Gasteiger partial charge is 0.792 e. The third kappa shape index (κ3) is 70.3. The van der Waals surface area contributed by atoms with Crippen molar-refractivity contribution >= 4 is 12.4 Å². The molecule has 0 heterocycles. The molecule has 0 aromatic heterocycles. The van der Waals surface area contributed by atoms with Crippen molar-refractivity contribution in [2.24, 2.45) is 10.1 Å². The first-order valence-electron chi connectivity index (χ1n) is 2.17. The van der Waals surface area contributed by atoms with Gasteiger partial charge in [-0.1, -0.05) is 6.92 Å². The van der Waals surface area contributed by atoms with Crippen LogP contribution in [-0.2, 0) is 98.1 Å². The molecule has 0 saturated carbocycles. The number of hydrogen-bond acceptors (Lipinski definition) is 3. The topological polar surface area (TPSA) is 47.8 Å². The zero-order valence-corrected chi connectivity index (χ0v) is 15.4. The van der Waals surface area contributed by atoms with Crippen molar-refractivity contribution in [3.63, 3.8) is 0 Å². The zero-order valence-electron chi connectivity index (χ0n) is 6.90. The van der Waals surface area contributed by atoms with E-state index in [1.54, 1.807) is 13.1 Å². The van der Waals surface area contributed by atoms with E-state index in [1.165, 1.54) is 6.21 Å². The monoisotopic (exact) mass is 381 g/mol. The summed E-state index contributed by atoms with van der Waals surface area (Å²) in [5, 5.41) is 11.2. The zero-order chi connectivity index (χ0) is 6.83. The van der Waals surface area contributed by atoms with E-state index in [2.05, 4.69) is 17.2 Å². The van der Waals surface area contributed by atoms with Gasteiger partial charge in [0.25, 0.3) is 0 Å². The first-order valence-corrected chi connectivity index (χ1v) is 2.17. The molecule has 0 bridgehead atoms. The normalized spacial score (nSPS) is 6.73. The number of hydrogen-bond donors (Lipinski definition) is 0. The predicted molar refractivity (Wildman–Crippen MR) is 37.1 cm³/mol. The fourth-order valence-corrected chi connectivity index (χ4v) is 0. The van der Waals surface area contributed by atoms with E-state index in [1.807, 2.05) is 6.92 Å². The second kappa shape index (κ2) is 39.5. The van der Waals surface area contributed by atoms with E-state index >= 15 is 0 Å². The molecule has 0 rings (SSSR count). The van der Waals surface area contributed by atoms with Crippen LogP contribution in [-0.4, -0.2) is 12.4 Å². The van der Waals surface area contributed by atoms with E-state index in [-0.39, 0.29) is 98.1 Å². The maximum absolute atomic E-state index is 8.87. The first-order chi connectivity index (χ1) is 3.83. The van der Waals surface area contributed by atoms with E-state index in [9.17, 15) is 0 Å². The molecule has 0 aliphatic rings. The van der Waals surface area contributed by atoms with E-state index in [0.717, 1.165) is 0 Å². The summed E-state index contributed by atoms with van der Waals surface area (Å²) in [6, 6.07) is 0. The van der Waals surface area contributed by atoms with Gasteiger partial charge in [0.1, 0.15) is 0 Å². The summed E-state index contributed by atoms with van der Waals surface area (Å²) in [4.78, 5) is 3.36. The quantitative estimate of drug-likeness (QED) is 0.356. The van der Waals surface area contributed by atoms with Crippen molar-refractivity contribution in [2.75, 3.05) is 0 Å². The molecule has 0 N–H and O–H groups in total. The van der Waals surface area contributed by atoms with Gasteiger partial charge in [-0.15, -0.1) is 0 Å². The SMILES string of the molecule is C/C=N/[O-].[CH2-]N=CC.[Y].[Y].[Y]. The number of aliphatic imine (C=N–C) groups is 1. The molecule has 6 heteroatoms. The number of rotatable bonds is 0. The van der Waals surface area contributed by atoms with Crippen LogP contribution in [0.2, 0.25) is 0 Å². The second-order valence-corrected chi connectivity index (χ2v) is 0.804. The molecule has 0 aromatic carbocycles. The fourth-order valence-electron chi connectivity index (χ4n) is 0. The standard InChI is InChI=1S/C3H6N.C2H5NO.3Y/c1-3-4-2;1-2-3-4;;;/h3H,2H2,1H3;2,4H,1H3;;;/q-1;;;;/p-1/b;3-2+;;;. The molecule has 0 aliphatic carbocycles. The Morgan fingerprint density at radius 1 is 1.09 bits per heavy atom. The van der Waals surface area contributed by atoms with Crippen molar-refractivity contribution in [3.05, 3.63) is 12.3 Å². The molecule has 0 fully saturated rings. The van der Waals surface area contributed by atoms with Crippen molar-refractivity contribution in [2.45, 2.75) is 13.8 Å². The van der Waals surface area contributed by atoms with E-state index in [4.69, 9.17) is 5.21 Å². The predicted octanol–water partition coefficient (Wildman–Crippen LogP) is 1.44. The maximum atomic E-state index is 8.87. The van der Waals surface area contributed by atoms with Gasteiger partial charge >= 0.3 is 0 Å². The van der Waals surface area contributed by atoms with Crippen LogP contribution < -0.4 is 0 Å². The molecule has 0 aliphatic heterocycles. The van der Waals surface area contributed by atoms with E-state index < -0.39 is 0 Å². The van der Waals surface area contributed by atoms with Gasteiger partial charge in [-0.3, -0.25) is 0 Å². The van der Waals surface area contributed by atoms with Gasteiger partial charge in [0.15, 0.2) is 0 Å². The molecule has 3 nitrogen and oxygen atoms in total. The minimum Gasteiger partial charge on any atom is -0.792 e. The molecule has 0 unspecified atom stereocenters. The molecule has 57 valence electrons. The van der Waals surface area contributed by atoms with Gasteiger partial charge < -0.3 is 15.4 Å². The minimum atomic E-state index is 0. The van der Waals surface area contributed by atoms with Gasteiger partial charge in [0, 0.05) is 98.1 Å². The molecule has 0 aromatic rings. The first kappa shape index (κ1) is 29.2. The second-order valence-electron chi connectivity index (χ2n) is 0.804.